The van der Waals surface area contributed by atoms with Gasteiger partial charge in [0.05, 0.1) is 18.9 Å². The number of Topliss-reactive ketones (excluding diaryl/α,β-unsaturated/α-hetero) is 1. The van der Waals surface area contributed by atoms with E-state index >= 15 is 0 Å². The number of aliphatic hydroxyl groups excluding tert-OH is 1. The second kappa shape index (κ2) is 15.7. The largest absolute Gasteiger partial charge is 0.457 e. The van der Waals surface area contributed by atoms with Gasteiger partial charge in [0.1, 0.15) is 30.1 Å². The van der Waals surface area contributed by atoms with E-state index in [1.165, 1.54) is 17.4 Å². The molecule has 0 aromatic carbocycles. The number of carbonyl (C=O) groups is 3. The highest BCUT2D eigenvalue weighted by Crippen LogP contribution is 2.43. The lowest BCUT2D eigenvalue weighted by Gasteiger charge is -2.28. The lowest BCUT2D eigenvalue weighted by atomic mass is 9.75. The van der Waals surface area contributed by atoms with Gasteiger partial charge in [0, 0.05) is 29.7 Å². The Morgan fingerprint density at radius 2 is 1.95 bits per heavy atom. The van der Waals surface area contributed by atoms with E-state index in [1.807, 2.05) is 27.7 Å². The molecule has 6 unspecified atom stereocenters. The smallest absolute Gasteiger partial charge is 0.332 e. The van der Waals surface area contributed by atoms with Crippen LogP contribution in [0.4, 0.5) is 0 Å². The summed E-state index contributed by atoms with van der Waals surface area (Å²) < 4.78 is 26.4. The Morgan fingerprint density at radius 1 is 1.21 bits per heavy atom. The number of aryl methyl sites for hydroxylation is 1. The number of carbonyl (C=O) groups excluding carboxylic acids is 3. The Labute approximate surface area is 257 Å². The molecule has 12 heteroatoms. The molecule has 2 fully saturated rings. The summed E-state index contributed by atoms with van der Waals surface area (Å²) in [6.45, 7) is 10.0. The van der Waals surface area contributed by atoms with Gasteiger partial charge in [0.25, 0.3) is 0 Å². The van der Waals surface area contributed by atoms with Crippen LogP contribution in [-0.4, -0.2) is 83.9 Å². The molecule has 0 spiro atoms. The molecular formula is C31H47NO10S. The number of hydrogen-bond acceptors (Lipinski definition) is 12. The average Bonchev–Trinajstić information content (AvgIpc) is 3.48. The molecule has 3 rings (SSSR count). The van der Waals surface area contributed by atoms with Gasteiger partial charge in [-0.2, -0.15) is 0 Å². The van der Waals surface area contributed by atoms with Crippen molar-refractivity contribution in [3.8, 4) is 0 Å². The van der Waals surface area contributed by atoms with E-state index in [1.54, 1.807) is 13.2 Å². The first-order chi connectivity index (χ1) is 20.3. The molecular weight excluding hydrogens is 578 g/mol. The van der Waals surface area contributed by atoms with Gasteiger partial charge in [0.15, 0.2) is 12.2 Å². The van der Waals surface area contributed by atoms with Crippen LogP contribution in [0, 0.1) is 24.2 Å². The predicted octanol–water partition coefficient (Wildman–Crippen LogP) is 3.75. The minimum atomic E-state index is -1.83. The van der Waals surface area contributed by atoms with Crippen molar-refractivity contribution in [2.75, 3.05) is 26.9 Å². The Hall–Kier alpha value is -2.22. The second-order valence-corrected chi connectivity index (χ2v) is 13.6. The summed E-state index contributed by atoms with van der Waals surface area (Å²) in [6.07, 6.45) is 2.91. The molecule has 6 atom stereocenters. The highest BCUT2D eigenvalue weighted by Gasteiger charge is 2.62. The summed E-state index contributed by atoms with van der Waals surface area (Å²) >= 11 is 1.33. The number of nitrogens with zero attached hydrogens (tertiary/aromatic N) is 1. The summed E-state index contributed by atoms with van der Waals surface area (Å²) in [5.41, 5.74) is -0.173. The van der Waals surface area contributed by atoms with E-state index in [9.17, 15) is 24.6 Å². The number of thiazole rings is 1. The highest BCUT2D eigenvalue weighted by atomic mass is 32.1. The van der Waals surface area contributed by atoms with Gasteiger partial charge in [-0.05, 0) is 44.3 Å². The maximum absolute atomic E-state index is 13.2. The number of cyclic esters (lactones) is 1. The van der Waals surface area contributed by atoms with Crippen LogP contribution in [0.5, 0.6) is 0 Å². The van der Waals surface area contributed by atoms with E-state index in [0.717, 1.165) is 24.1 Å². The Kier molecular flexibility index (Phi) is 12.9. The number of ketones is 1. The van der Waals surface area contributed by atoms with Gasteiger partial charge >= 0.3 is 11.9 Å². The lowest BCUT2D eigenvalue weighted by molar-refractivity contribution is -0.163. The van der Waals surface area contributed by atoms with Gasteiger partial charge in [0.2, 0.25) is 5.79 Å². The molecule has 0 radical (unpaired) electrons. The van der Waals surface area contributed by atoms with Gasteiger partial charge in [-0.3, -0.25) is 9.59 Å². The van der Waals surface area contributed by atoms with Crippen molar-refractivity contribution in [3.63, 3.8) is 0 Å². The Morgan fingerprint density at radius 3 is 2.67 bits per heavy atom. The zero-order valence-electron chi connectivity index (χ0n) is 26.1. The van der Waals surface area contributed by atoms with Crippen molar-refractivity contribution in [1.82, 2.24) is 4.98 Å². The number of aliphatic hydroxyl groups is 2. The first kappa shape index (κ1) is 35.3. The van der Waals surface area contributed by atoms with Crippen molar-refractivity contribution < 1.29 is 48.3 Å². The van der Waals surface area contributed by atoms with E-state index < -0.39 is 41.5 Å². The van der Waals surface area contributed by atoms with E-state index in [-0.39, 0.29) is 37.9 Å². The van der Waals surface area contributed by atoms with Crippen molar-refractivity contribution in [1.29, 1.82) is 0 Å². The molecule has 2 saturated heterocycles. The summed E-state index contributed by atoms with van der Waals surface area (Å²) in [5, 5.41) is 22.8. The van der Waals surface area contributed by atoms with Crippen LogP contribution < -0.4 is 0 Å². The maximum atomic E-state index is 13.2. The zero-order valence-corrected chi connectivity index (χ0v) is 26.9. The van der Waals surface area contributed by atoms with Crippen molar-refractivity contribution in [2.24, 2.45) is 17.3 Å². The first-order valence-corrected chi connectivity index (χ1v) is 15.8. The molecule has 242 valence electrons. The van der Waals surface area contributed by atoms with Gasteiger partial charge < -0.3 is 33.9 Å². The third-order valence-corrected chi connectivity index (χ3v) is 9.01. The number of epoxide rings is 1. The van der Waals surface area contributed by atoms with Crippen LogP contribution in [-0.2, 0) is 44.7 Å². The summed E-state index contributed by atoms with van der Waals surface area (Å²) in [5.74, 6) is -2.66. The van der Waals surface area contributed by atoms with E-state index in [0.29, 0.717) is 36.1 Å². The molecule has 0 bridgehead atoms. The third kappa shape index (κ3) is 10.2. The summed E-state index contributed by atoms with van der Waals surface area (Å²) in [6, 6.07) is 0. The normalized spacial score (nSPS) is 30.6. The number of aromatic nitrogens is 1. The van der Waals surface area contributed by atoms with Crippen LogP contribution in [0.3, 0.4) is 0 Å². The van der Waals surface area contributed by atoms with Crippen LogP contribution in [0.25, 0.3) is 6.08 Å². The fourth-order valence-corrected chi connectivity index (χ4v) is 6.24. The van der Waals surface area contributed by atoms with Crippen LogP contribution in [0.2, 0.25) is 0 Å². The molecule has 2 N–H and O–H groups in total. The number of esters is 2. The molecule has 1 aromatic heterocycles. The summed E-state index contributed by atoms with van der Waals surface area (Å²) in [4.78, 5) is 43.3. The van der Waals surface area contributed by atoms with Gasteiger partial charge in [-0.1, -0.05) is 40.5 Å². The topological polar surface area (TPSA) is 154 Å². The average molecular weight is 626 g/mol. The monoisotopic (exact) mass is 625 g/mol. The minimum absolute atomic E-state index is 0.0266. The molecule has 11 nitrogen and oxygen atoms in total. The number of hydrogen-bond donors (Lipinski definition) is 2. The predicted molar refractivity (Wildman–Crippen MR) is 159 cm³/mol. The van der Waals surface area contributed by atoms with Crippen LogP contribution in [0.15, 0.2) is 6.08 Å². The zero-order chi connectivity index (χ0) is 31.8. The minimum Gasteiger partial charge on any atom is -0.457 e. The SMILES string of the molecule is COCCOCC(=O)OCc1nc(C=CC2OC(=O)CCC(C)(C)C(=O)C(C)CC(C)CCCC3OC3(O)C2O)c(C)s1. The van der Waals surface area contributed by atoms with Crippen molar-refractivity contribution in [3.05, 3.63) is 21.7 Å². The molecule has 3 heterocycles. The molecule has 0 amide bonds. The number of rotatable bonds is 9. The Balaban J connectivity index is 1.72. The second-order valence-electron chi connectivity index (χ2n) is 12.3. The number of ether oxygens (including phenoxy) is 5. The maximum Gasteiger partial charge on any atom is 0.332 e. The van der Waals surface area contributed by atoms with Crippen molar-refractivity contribution >= 4 is 35.1 Å². The number of methoxy groups -OCH3 is 1. The quantitative estimate of drug-likeness (QED) is 0.234. The lowest BCUT2D eigenvalue weighted by Crippen LogP contribution is -2.43. The fraction of sp³-hybridized carbons (Fsp3) is 0.742. The fourth-order valence-electron chi connectivity index (χ4n) is 5.41. The summed E-state index contributed by atoms with van der Waals surface area (Å²) in [7, 11) is 1.54. The van der Waals surface area contributed by atoms with Crippen LogP contribution in [0.1, 0.15) is 81.8 Å². The standard InChI is InChI=1S/C31H47NO10S/c1-19-8-7-9-24-31(37,42-24)29(36)23(41-26(33)12-13-30(4,5)28(35)20(2)16-19)11-10-22-21(3)43-25(32-22)17-40-27(34)18-39-15-14-38-6/h10-11,19-20,23-24,29,36-37H,7-9,12-18H2,1-6H3. The van der Waals surface area contributed by atoms with Gasteiger partial charge in [-0.15, -0.1) is 11.3 Å². The molecule has 2 aliphatic rings. The van der Waals surface area contributed by atoms with E-state index in [2.05, 4.69) is 11.9 Å². The molecule has 43 heavy (non-hydrogen) atoms. The van der Waals surface area contributed by atoms with Gasteiger partial charge in [-0.25, -0.2) is 9.78 Å². The number of fused-ring (bicyclic) bond motifs is 1. The molecule has 2 aliphatic heterocycles. The molecule has 0 aliphatic carbocycles. The molecule has 1 aromatic rings. The van der Waals surface area contributed by atoms with E-state index in [4.69, 9.17) is 23.7 Å². The highest BCUT2D eigenvalue weighted by molar-refractivity contribution is 7.11. The first-order valence-electron chi connectivity index (χ1n) is 15.0. The Bertz CT molecular complexity index is 1130. The van der Waals surface area contributed by atoms with Crippen molar-refractivity contribution in [2.45, 2.75) is 104 Å². The van der Waals surface area contributed by atoms with Crippen LogP contribution >= 0.6 is 11.3 Å². The third-order valence-electron chi connectivity index (χ3n) is 8.05. The molecule has 0 saturated carbocycles.